The van der Waals surface area contributed by atoms with E-state index < -0.39 is 17.5 Å². The number of hydrogen-bond acceptors (Lipinski definition) is 3. The molecule has 1 fully saturated rings. The fourth-order valence-electron chi connectivity index (χ4n) is 3.30. The summed E-state index contributed by atoms with van der Waals surface area (Å²) < 4.78 is 45.7. The van der Waals surface area contributed by atoms with E-state index in [2.05, 4.69) is 5.32 Å². The average molecular weight is 368 g/mol. The molecule has 2 aromatic rings. The molecule has 0 saturated carbocycles. The Bertz CT molecular complexity index is 836. The number of para-hydroxylation sites is 1. The summed E-state index contributed by atoms with van der Waals surface area (Å²) in [6.45, 7) is 2.30. The molecule has 2 heterocycles. The number of carbonyl (C=O) groups is 2. The zero-order chi connectivity index (χ0) is 18.9. The van der Waals surface area contributed by atoms with Crippen LogP contribution in [0.3, 0.4) is 0 Å². The van der Waals surface area contributed by atoms with Crippen LogP contribution >= 0.6 is 0 Å². The van der Waals surface area contributed by atoms with E-state index in [1.807, 2.05) is 0 Å². The van der Waals surface area contributed by atoms with Crippen LogP contribution in [0, 0.1) is 6.92 Å². The Morgan fingerprint density at radius 2 is 2.04 bits per heavy atom. The Balaban J connectivity index is 1.87. The molecule has 0 spiro atoms. The minimum Gasteiger partial charge on any atom is -0.376 e. The average Bonchev–Trinajstić information content (AvgIpc) is 3.19. The summed E-state index contributed by atoms with van der Waals surface area (Å²) in [5, 5.41) is 2.94. The number of carbonyl (C=O) groups excluding carboxylic acids is 2. The van der Waals surface area contributed by atoms with Gasteiger partial charge in [0.15, 0.2) is 0 Å². The standard InChI is InChI=1S/C18H19F3N2O3/c1-11-16(17(25)18(19,20)21)13-6-2-3-7-14(13)23(11)10-15(24)22-9-12-5-4-8-26-12/h2-3,6-7,12H,4-5,8-10H2,1H3,(H,22,24)/t12-/m0/s1. The number of halogens is 3. The largest absolute Gasteiger partial charge is 0.454 e. The lowest BCUT2D eigenvalue weighted by Gasteiger charge is -2.13. The number of rotatable bonds is 5. The molecule has 1 N–H and O–H groups in total. The summed E-state index contributed by atoms with van der Waals surface area (Å²) in [5.41, 5.74) is 0.144. The van der Waals surface area contributed by atoms with Crippen molar-refractivity contribution in [1.29, 1.82) is 0 Å². The van der Waals surface area contributed by atoms with E-state index in [1.165, 1.54) is 17.6 Å². The Labute approximate surface area is 148 Å². The molecule has 0 unspecified atom stereocenters. The number of nitrogens with one attached hydrogen (secondary N) is 1. The number of amides is 1. The Morgan fingerprint density at radius 3 is 2.69 bits per heavy atom. The van der Waals surface area contributed by atoms with Crippen LogP contribution in [0.2, 0.25) is 0 Å². The minimum atomic E-state index is -4.97. The van der Waals surface area contributed by atoms with E-state index in [0.29, 0.717) is 18.7 Å². The van der Waals surface area contributed by atoms with Gasteiger partial charge in [-0.25, -0.2) is 0 Å². The Morgan fingerprint density at radius 1 is 1.31 bits per heavy atom. The lowest BCUT2D eigenvalue weighted by atomic mass is 10.1. The molecule has 1 aromatic carbocycles. The molecule has 0 bridgehead atoms. The topological polar surface area (TPSA) is 60.3 Å². The van der Waals surface area contributed by atoms with Gasteiger partial charge in [-0.05, 0) is 25.8 Å². The molecule has 0 aliphatic carbocycles. The van der Waals surface area contributed by atoms with Gasteiger partial charge in [-0.2, -0.15) is 13.2 Å². The molecule has 8 heteroatoms. The first kappa shape index (κ1) is 18.4. The van der Waals surface area contributed by atoms with Gasteiger partial charge in [0.2, 0.25) is 5.91 Å². The molecule has 1 aromatic heterocycles. The number of Topliss-reactive ketones (excluding diaryl/α,β-unsaturated/α-hetero) is 1. The van der Waals surface area contributed by atoms with E-state index in [-0.39, 0.29) is 29.6 Å². The summed E-state index contributed by atoms with van der Waals surface area (Å²) in [7, 11) is 0. The van der Waals surface area contributed by atoms with Crippen LogP contribution in [0.1, 0.15) is 28.9 Å². The van der Waals surface area contributed by atoms with Crippen molar-refractivity contribution in [3.05, 3.63) is 35.5 Å². The fraction of sp³-hybridized carbons (Fsp3) is 0.444. The van der Waals surface area contributed by atoms with Crippen molar-refractivity contribution in [3.63, 3.8) is 0 Å². The molecule has 1 saturated heterocycles. The third kappa shape index (κ3) is 3.60. The number of nitrogens with zero attached hydrogens (tertiary/aromatic N) is 1. The lowest BCUT2D eigenvalue weighted by Crippen LogP contribution is -2.34. The summed E-state index contributed by atoms with van der Waals surface area (Å²) in [4.78, 5) is 24.1. The zero-order valence-corrected chi connectivity index (χ0v) is 14.2. The van der Waals surface area contributed by atoms with Crippen LogP contribution in [-0.4, -0.2) is 41.7 Å². The van der Waals surface area contributed by atoms with Crippen molar-refractivity contribution in [3.8, 4) is 0 Å². The van der Waals surface area contributed by atoms with Gasteiger partial charge in [0.1, 0.15) is 6.54 Å². The van der Waals surface area contributed by atoms with Crippen LogP contribution in [0.5, 0.6) is 0 Å². The fourth-order valence-corrected chi connectivity index (χ4v) is 3.30. The SMILES string of the molecule is Cc1c(C(=O)C(F)(F)F)c2ccccc2n1CC(=O)NC[C@@H]1CCCO1. The normalized spacial score (nSPS) is 17.6. The van der Waals surface area contributed by atoms with Gasteiger partial charge in [0.05, 0.1) is 11.7 Å². The second kappa shape index (κ2) is 7.11. The van der Waals surface area contributed by atoms with Crippen molar-refractivity contribution in [1.82, 2.24) is 9.88 Å². The molecular formula is C18H19F3N2O3. The van der Waals surface area contributed by atoms with Crippen molar-refractivity contribution in [2.45, 2.75) is 38.6 Å². The van der Waals surface area contributed by atoms with Crippen LogP contribution < -0.4 is 5.32 Å². The highest BCUT2D eigenvalue weighted by Gasteiger charge is 2.42. The highest BCUT2D eigenvalue weighted by atomic mass is 19.4. The number of ether oxygens (including phenoxy) is 1. The monoisotopic (exact) mass is 368 g/mol. The Kier molecular flexibility index (Phi) is 5.04. The quantitative estimate of drug-likeness (QED) is 0.826. The highest BCUT2D eigenvalue weighted by molar-refractivity contribution is 6.12. The van der Waals surface area contributed by atoms with E-state index in [9.17, 15) is 22.8 Å². The maximum atomic E-state index is 13.0. The van der Waals surface area contributed by atoms with Crippen LogP contribution in [0.15, 0.2) is 24.3 Å². The second-order valence-electron chi connectivity index (χ2n) is 6.33. The molecular weight excluding hydrogens is 349 g/mol. The second-order valence-corrected chi connectivity index (χ2v) is 6.33. The maximum absolute atomic E-state index is 13.0. The van der Waals surface area contributed by atoms with Gasteiger partial charge < -0.3 is 14.6 Å². The minimum absolute atomic E-state index is 0.0242. The first-order valence-corrected chi connectivity index (χ1v) is 8.36. The molecule has 1 aliphatic heterocycles. The number of fused-ring (bicyclic) bond motifs is 1. The van der Waals surface area contributed by atoms with E-state index in [1.54, 1.807) is 18.2 Å². The first-order valence-electron chi connectivity index (χ1n) is 8.36. The third-order valence-corrected chi connectivity index (χ3v) is 4.57. The zero-order valence-electron chi connectivity index (χ0n) is 14.2. The maximum Gasteiger partial charge on any atom is 0.454 e. The van der Waals surface area contributed by atoms with Crippen LogP contribution in [0.4, 0.5) is 13.2 Å². The lowest BCUT2D eigenvalue weighted by molar-refractivity contribution is -0.122. The van der Waals surface area contributed by atoms with Gasteiger partial charge in [0.25, 0.3) is 5.78 Å². The molecule has 3 rings (SSSR count). The van der Waals surface area contributed by atoms with Crippen molar-refractivity contribution >= 4 is 22.6 Å². The summed E-state index contributed by atoms with van der Waals surface area (Å²) >= 11 is 0. The van der Waals surface area contributed by atoms with Crippen molar-refractivity contribution in [2.24, 2.45) is 0 Å². The number of benzene rings is 1. The molecule has 1 atom stereocenters. The number of hydrogen-bond donors (Lipinski definition) is 1. The smallest absolute Gasteiger partial charge is 0.376 e. The third-order valence-electron chi connectivity index (χ3n) is 4.57. The summed E-state index contributed by atoms with van der Waals surface area (Å²) in [5.74, 6) is -2.24. The Hall–Kier alpha value is -2.35. The van der Waals surface area contributed by atoms with Gasteiger partial charge in [-0.1, -0.05) is 18.2 Å². The molecule has 5 nitrogen and oxygen atoms in total. The van der Waals surface area contributed by atoms with Gasteiger partial charge >= 0.3 is 6.18 Å². The van der Waals surface area contributed by atoms with Crippen molar-refractivity contribution < 1.29 is 27.5 Å². The number of ketones is 1. The number of alkyl halides is 3. The van der Waals surface area contributed by atoms with E-state index >= 15 is 0 Å². The molecule has 1 amide bonds. The first-order chi connectivity index (χ1) is 12.3. The molecule has 1 aliphatic rings. The predicted octanol–water partition coefficient (Wildman–Crippen LogP) is 2.99. The summed E-state index contributed by atoms with van der Waals surface area (Å²) in [6.07, 6.45) is -3.17. The van der Waals surface area contributed by atoms with Gasteiger partial charge in [-0.3, -0.25) is 9.59 Å². The molecule has 140 valence electrons. The molecule has 0 radical (unpaired) electrons. The van der Waals surface area contributed by atoms with E-state index in [4.69, 9.17) is 4.74 Å². The predicted molar refractivity (Wildman–Crippen MR) is 89.0 cm³/mol. The number of aromatic nitrogens is 1. The highest BCUT2D eigenvalue weighted by Crippen LogP contribution is 2.31. The van der Waals surface area contributed by atoms with Gasteiger partial charge in [0, 0.05) is 29.7 Å². The van der Waals surface area contributed by atoms with Crippen molar-refractivity contribution in [2.75, 3.05) is 13.2 Å². The van der Waals surface area contributed by atoms with Gasteiger partial charge in [-0.15, -0.1) is 0 Å². The van der Waals surface area contributed by atoms with E-state index in [0.717, 1.165) is 12.8 Å². The van der Waals surface area contributed by atoms with Crippen LogP contribution in [0.25, 0.3) is 10.9 Å². The molecule has 26 heavy (non-hydrogen) atoms. The summed E-state index contributed by atoms with van der Waals surface area (Å²) in [6, 6.07) is 6.28. The van der Waals surface area contributed by atoms with Crippen LogP contribution in [-0.2, 0) is 16.1 Å².